The Kier molecular flexibility index (Phi) is 4.04. The Labute approximate surface area is 118 Å². The number of nitro benzene ring substituents is 1. The van der Waals surface area contributed by atoms with E-state index in [9.17, 15) is 14.9 Å². The van der Waals surface area contributed by atoms with Crippen molar-refractivity contribution in [2.24, 2.45) is 0 Å². The molecule has 0 aliphatic heterocycles. The monoisotopic (exact) mass is 328 g/mol. The molecule has 1 aromatic rings. The minimum Gasteiger partial charge on any atom is -0.481 e. The van der Waals surface area contributed by atoms with Crippen LogP contribution in [0.5, 0.6) is 0 Å². The van der Waals surface area contributed by atoms with Gasteiger partial charge in [-0.05, 0) is 34.8 Å². The van der Waals surface area contributed by atoms with Crippen LogP contribution >= 0.6 is 15.9 Å². The third-order valence-electron chi connectivity index (χ3n) is 3.01. The lowest BCUT2D eigenvalue weighted by atomic mass is 10.2. The number of aliphatic carboxylic acids is 1. The molecule has 102 valence electrons. The van der Waals surface area contributed by atoms with Gasteiger partial charge in [0.1, 0.15) is 0 Å². The summed E-state index contributed by atoms with van der Waals surface area (Å²) in [4.78, 5) is 22.9. The van der Waals surface area contributed by atoms with Crippen LogP contribution in [0.25, 0.3) is 0 Å². The van der Waals surface area contributed by atoms with Crippen molar-refractivity contribution >= 4 is 33.3 Å². The van der Waals surface area contributed by atoms with E-state index < -0.39 is 10.9 Å². The van der Waals surface area contributed by atoms with Crippen LogP contribution in [0.4, 0.5) is 11.4 Å². The number of benzene rings is 1. The normalized spacial score (nSPS) is 14.2. The fourth-order valence-electron chi connectivity index (χ4n) is 1.94. The summed E-state index contributed by atoms with van der Waals surface area (Å²) in [5.41, 5.74) is 0.832. The SMILES string of the molecule is O=C(O)CCN(c1ccc([N+](=O)[O-])cc1Br)C1CC1. The number of halogens is 1. The van der Waals surface area contributed by atoms with Crippen LogP contribution in [-0.4, -0.2) is 28.6 Å². The Morgan fingerprint density at radius 2 is 2.21 bits per heavy atom. The standard InChI is InChI=1S/C12H13BrN2O4/c13-10-7-9(15(18)19)3-4-11(10)14(8-1-2-8)6-5-12(16)17/h3-4,7-8H,1-2,5-6H2,(H,16,17). The van der Waals surface area contributed by atoms with E-state index in [1.165, 1.54) is 12.1 Å². The maximum atomic E-state index is 10.7. The van der Waals surface area contributed by atoms with Gasteiger partial charge in [0.15, 0.2) is 0 Å². The molecule has 2 rings (SSSR count). The molecule has 1 aromatic carbocycles. The summed E-state index contributed by atoms with van der Waals surface area (Å²) >= 11 is 3.33. The van der Waals surface area contributed by atoms with E-state index >= 15 is 0 Å². The van der Waals surface area contributed by atoms with Crippen molar-refractivity contribution in [3.05, 3.63) is 32.8 Å². The maximum Gasteiger partial charge on any atom is 0.305 e. The Morgan fingerprint density at radius 1 is 1.53 bits per heavy atom. The number of carbonyl (C=O) groups is 1. The first-order chi connectivity index (χ1) is 8.99. The van der Waals surface area contributed by atoms with Gasteiger partial charge in [0, 0.05) is 29.2 Å². The second-order valence-corrected chi connectivity index (χ2v) is 5.32. The Morgan fingerprint density at radius 3 is 2.68 bits per heavy atom. The fraction of sp³-hybridized carbons (Fsp3) is 0.417. The molecule has 0 heterocycles. The van der Waals surface area contributed by atoms with Crippen LogP contribution in [0.15, 0.2) is 22.7 Å². The summed E-state index contributed by atoms with van der Waals surface area (Å²) in [5, 5.41) is 19.5. The first-order valence-electron chi connectivity index (χ1n) is 5.91. The van der Waals surface area contributed by atoms with Crippen molar-refractivity contribution in [3.63, 3.8) is 0 Å². The number of carboxylic acids is 1. The predicted molar refractivity (Wildman–Crippen MR) is 73.4 cm³/mol. The molecule has 1 aliphatic rings. The minimum absolute atomic E-state index is 0.0182. The van der Waals surface area contributed by atoms with Gasteiger partial charge in [0.25, 0.3) is 5.69 Å². The van der Waals surface area contributed by atoms with E-state index in [-0.39, 0.29) is 12.1 Å². The zero-order chi connectivity index (χ0) is 14.0. The molecular weight excluding hydrogens is 316 g/mol. The highest BCUT2D eigenvalue weighted by molar-refractivity contribution is 9.10. The molecule has 19 heavy (non-hydrogen) atoms. The van der Waals surface area contributed by atoms with E-state index in [2.05, 4.69) is 15.9 Å². The zero-order valence-corrected chi connectivity index (χ0v) is 11.7. The zero-order valence-electron chi connectivity index (χ0n) is 10.1. The van der Waals surface area contributed by atoms with Crippen molar-refractivity contribution < 1.29 is 14.8 Å². The third kappa shape index (κ3) is 3.44. The summed E-state index contributed by atoms with van der Waals surface area (Å²) in [7, 11) is 0. The van der Waals surface area contributed by atoms with Crippen LogP contribution < -0.4 is 4.90 Å². The molecule has 0 atom stereocenters. The number of carboxylic acid groups (broad SMARTS) is 1. The number of rotatable bonds is 6. The highest BCUT2D eigenvalue weighted by Crippen LogP contribution is 2.37. The molecule has 0 bridgehead atoms. The highest BCUT2D eigenvalue weighted by atomic mass is 79.9. The van der Waals surface area contributed by atoms with E-state index in [1.54, 1.807) is 6.07 Å². The average molecular weight is 329 g/mol. The highest BCUT2D eigenvalue weighted by Gasteiger charge is 2.30. The lowest BCUT2D eigenvalue weighted by Crippen LogP contribution is -2.28. The van der Waals surface area contributed by atoms with E-state index in [0.29, 0.717) is 17.1 Å². The van der Waals surface area contributed by atoms with Gasteiger partial charge in [-0.25, -0.2) is 0 Å². The third-order valence-corrected chi connectivity index (χ3v) is 3.64. The topological polar surface area (TPSA) is 83.7 Å². The van der Waals surface area contributed by atoms with Crippen LogP contribution in [0, 0.1) is 10.1 Å². The quantitative estimate of drug-likeness (QED) is 0.641. The lowest BCUT2D eigenvalue weighted by molar-refractivity contribution is -0.384. The van der Waals surface area contributed by atoms with Gasteiger partial charge in [-0.15, -0.1) is 0 Å². The molecule has 0 spiro atoms. The van der Waals surface area contributed by atoms with E-state index in [1.807, 2.05) is 4.90 Å². The molecular formula is C12H13BrN2O4. The smallest absolute Gasteiger partial charge is 0.305 e. The van der Waals surface area contributed by atoms with Crippen molar-refractivity contribution in [2.75, 3.05) is 11.4 Å². The molecule has 0 unspecified atom stereocenters. The first kappa shape index (κ1) is 13.8. The number of nitro groups is 1. The van der Waals surface area contributed by atoms with Crippen LogP contribution in [0.3, 0.4) is 0 Å². The number of hydrogen-bond acceptors (Lipinski definition) is 4. The van der Waals surface area contributed by atoms with Gasteiger partial charge in [-0.3, -0.25) is 14.9 Å². The second-order valence-electron chi connectivity index (χ2n) is 4.46. The number of anilines is 1. The van der Waals surface area contributed by atoms with E-state index in [0.717, 1.165) is 18.5 Å². The van der Waals surface area contributed by atoms with Crippen molar-refractivity contribution in [1.82, 2.24) is 0 Å². The van der Waals surface area contributed by atoms with Crippen molar-refractivity contribution in [1.29, 1.82) is 0 Å². The Balaban J connectivity index is 2.21. The average Bonchev–Trinajstić information content (AvgIpc) is 3.14. The van der Waals surface area contributed by atoms with Gasteiger partial charge >= 0.3 is 5.97 Å². The lowest BCUT2D eigenvalue weighted by Gasteiger charge is -2.25. The van der Waals surface area contributed by atoms with E-state index in [4.69, 9.17) is 5.11 Å². The maximum absolute atomic E-state index is 10.7. The molecule has 1 N–H and O–H groups in total. The molecule has 0 radical (unpaired) electrons. The predicted octanol–water partition coefficient (Wildman–Crippen LogP) is 2.80. The largest absolute Gasteiger partial charge is 0.481 e. The van der Waals surface area contributed by atoms with Gasteiger partial charge in [0.2, 0.25) is 0 Å². The fourth-order valence-corrected chi connectivity index (χ4v) is 2.54. The van der Waals surface area contributed by atoms with Crippen molar-refractivity contribution in [3.8, 4) is 0 Å². The second kappa shape index (κ2) is 5.56. The number of hydrogen-bond donors (Lipinski definition) is 1. The molecule has 1 saturated carbocycles. The number of non-ortho nitro benzene ring substituents is 1. The minimum atomic E-state index is -0.844. The number of nitrogens with zero attached hydrogens (tertiary/aromatic N) is 2. The molecule has 0 aromatic heterocycles. The summed E-state index contributed by atoms with van der Waals surface area (Å²) in [6, 6.07) is 4.90. The van der Waals surface area contributed by atoms with Crippen molar-refractivity contribution in [2.45, 2.75) is 25.3 Å². The van der Waals surface area contributed by atoms with Crippen LogP contribution in [0.1, 0.15) is 19.3 Å². The molecule has 1 aliphatic carbocycles. The van der Waals surface area contributed by atoms with Crippen LogP contribution in [-0.2, 0) is 4.79 Å². The summed E-state index contributed by atoms with van der Waals surface area (Å²) in [5.74, 6) is -0.844. The van der Waals surface area contributed by atoms with Gasteiger partial charge in [-0.2, -0.15) is 0 Å². The van der Waals surface area contributed by atoms with Gasteiger partial charge in [0.05, 0.1) is 17.0 Å². The Bertz CT molecular complexity index is 516. The van der Waals surface area contributed by atoms with Crippen LogP contribution in [0.2, 0.25) is 0 Å². The van der Waals surface area contributed by atoms with Gasteiger partial charge < -0.3 is 10.0 Å². The molecule has 0 amide bonds. The first-order valence-corrected chi connectivity index (χ1v) is 6.70. The molecule has 6 nitrogen and oxygen atoms in total. The summed E-state index contributed by atoms with van der Waals surface area (Å²) < 4.78 is 0.624. The summed E-state index contributed by atoms with van der Waals surface area (Å²) in [6.07, 6.45) is 2.12. The van der Waals surface area contributed by atoms with Gasteiger partial charge in [-0.1, -0.05) is 0 Å². The molecule has 7 heteroatoms. The molecule has 0 saturated heterocycles. The Hall–Kier alpha value is -1.63. The molecule has 1 fully saturated rings. The summed E-state index contributed by atoms with van der Waals surface area (Å²) in [6.45, 7) is 0.413.